The fourth-order valence-electron chi connectivity index (χ4n) is 2.00. The maximum absolute atomic E-state index is 12.4. The Labute approximate surface area is 118 Å². The van der Waals surface area contributed by atoms with Gasteiger partial charge >= 0.3 is 4.87 Å². The quantitative estimate of drug-likeness (QED) is 0.753. The molecule has 0 spiro atoms. The second-order valence-electron chi connectivity index (χ2n) is 4.28. The van der Waals surface area contributed by atoms with E-state index in [0.717, 1.165) is 16.0 Å². The van der Waals surface area contributed by atoms with E-state index in [1.807, 2.05) is 0 Å². The first-order chi connectivity index (χ1) is 9.67. The first-order valence-electron chi connectivity index (χ1n) is 5.99. The van der Waals surface area contributed by atoms with E-state index in [0.29, 0.717) is 22.4 Å². The summed E-state index contributed by atoms with van der Waals surface area (Å²) >= 11 is 1.13. The number of rotatable bonds is 3. The molecule has 4 nitrogen and oxygen atoms in total. The van der Waals surface area contributed by atoms with Crippen molar-refractivity contribution in [2.24, 2.45) is 0 Å². The molecule has 0 aliphatic rings. The summed E-state index contributed by atoms with van der Waals surface area (Å²) in [6.45, 7) is 0. The fourth-order valence-corrected chi connectivity index (χ4v) is 2.72. The zero-order chi connectivity index (χ0) is 14.1. The summed E-state index contributed by atoms with van der Waals surface area (Å²) in [6.07, 6.45) is 0. The van der Waals surface area contributed by atoms with E-state index >= 15 is 0 Å². The Bertz CT molecular complexity index is 830. The van der Waals surface area contributed by atoms with Gasteiger partial charge in [-0.15, -0.1) is 0 Å². The third kappa shape index (κ3) is 2.23. The molecule has 20 heavy (non-hydrogen) atoms. The first kappa shape index (κ1) is 12.6. The smallest absolute Gasteiger partial charge is 0.305 e. The van der Waals surface area contributed by atoms with Crippen LogP contribution in [0.2, 0.25) is 0 Å². The summed E-state index contributed by atoms with van der Waals surface area (Å²) in [5, 5.41) is 0. The zero-order valence-corrected chi connectivity index (χ0v) is 11.5. The van der Waals surface area contributed by atoms with Crippen LogP contribution in [0.25, 0.3) is 10.2 Å². The van der Waals surface area contributed by atoms with Crippen molar-refractivity contribution in [2.45, 2.75) is 0 Å². The normalized spacial score (nSPS) is 10.7. The van der Waals surface area contributed by atoms with Gasteiger partial charge in [-0.25, -0.2) is 0 Å². The van der Waals surface area contributed by atoms with Crippen LogP contribution in [0.5, 0.6) is 5.75 Å². The molecule has 0 bridgehead atoms. The Morgan fingerprint density at radius 1 is 1.10 bits per heavy atom. The van der Waals surface area contributed by atoms with Gasteiger partial charge in [0.05, 0.1) is 17.3 Å². The molecule has 0 aliphatic carbocycles. The monoisotopic (exact) mass is 285 g/mol. The van der Waals surface area contributed by atoms with Crippen LogP contribution < -0.4 is 9.61 Å². The second-order valence-corrected chi connectivity index (χ2v) is 5.30. The van der Waals surface area contributed by atoms with Gasteiger partial charge in [0.1, 0.15) is 5.75 Å². The number of carbonyl (C=O) groups is 1. The van der Waals surface area contributed by atoms with E-state index in [-0.39, 0.29) is 10.7 Å². The summed E-state index contributed by atoms with van der Waals surface area (Å²) in [5.41, 5.74) is 1.83. The van der Waals surface area contributed by atoms with Crippen LogP contribution in [0.1, 0.15) is 15.9 Å². The number of carbonyl (C=O) groups excluding carboxylic acids is 1. The summed E-state index contributed by atoms with van der Waals surface area (Å²) in [7, 11) is 1.58. The Balaban J connectivity index is 2.00. The molecular formula is C15H11NO3S. The number of methoxy groups -OCH3 is 1. The zero-order valence-electron chi connectivity index (χ0n) is 10.7. The van der Waals surface area contributed by atoms with Crippen LogP contribution in [0.3, 0.4) is 0 Å². The van der Waals surface area contributed by atoms with E-state index < -0.39 is 0 Å². The highest BCUT2D eigenvalue weighted by atomic mass is 32.1. The SMILES string of the molecule is COc1ccc(C(=O)c2ccc3sc(=O)[nH]c3c2)cc1. The number of ketones is 1. The average Bonchev–Trinajstić information content (AvgIpc) is 2.85. The maximum Gasteiger partial charge on any atom is 0.305 e. The van der Waals surface area contributed by atoms with Crippen molar-refractivity contribution in [2.75, 3.05) is 7.11 Å². The molecule has 1 N–H and O–H groups in total. The molecule has 3 rings (SSSR count). The van der Waals surface area contributed by atoms with E-state index in [1.165, 1.54) is 0 Å². The minimum Gasteiger partial charge on any atom is -0.497 e. The molecule has 5 heteroatoms. The summed E-state index contributed by atoms with van der Waals surface area (Å²) in [6, 6.07) is 12.2. The Hall–Kier alpha value is -2.40. The topological polar surface area (TPSA) is 59.2 Å². The van der Waals surface area contributed by atoms with Gasteiger partial charge in [-0.3, -0.25) is 9.59 Å². The van der Waals surface area contributed by atoms with Crippen molar-refractivity contribution < 1.29 is 9.53 Å². The maximum atomic E-state index is 12.4. The van der Waals surface area contributed by atoms with Crippen molar-refractivity contribution in [1.29, 1.82) is 0 Å². The number of ether oxygens (including phenoxy) is 1. The number of fused-ring (bicyclic) bond motifs is 1. The molecule has 0 amide bonds. The lowest BCUT2D eigenvalue weighted by molar-refractivity contribution is 0.103. The second kappa shape index (κ2) is 4.94. The van der Waals surface area contributed by atoms with Crippen LogP contribution in [0.15, 0.2) is 47.3 Å². The molecule has 0 saturated heterocycles. The van der Waals surface area contributed by atoms with E-state index in [1.54, 1.807) is 49.6 Å². The van der Waals surface area contributed by atoms with Crippen LogP contribution >= 0.6 is 11.3 Å². The predicted octanol–water partition coefficient (Wildman–Crippen LogP) is 2.83. The third-order valence-electron chi connectivity index (χ3n) is 3.03. The number of aromatic amines is 1. The molecule has 1 aromatic heterocycles. The molecular weight excluding hydrogens is 274 g/mol. The Morgan fingerprint density at radius 2 is 1.80 bits per heavy atom. The van der Waals surface area contributed by atoms with Crippen molar-refractivity contribution in [3.63, 3.8) is 0 Å². The Morgan fingerprint density at radius 3 is 2.50 bits per heavy atom. The molecule has 0 atom stereocenters. The number of thiazole rings is 1. The number of benzene rings is 2. The van der Waals surface area contributed by atoms with E-state index in [2.05, 4.69) is 4.98 Å². The molecule has 100 valence electrons. The van der Waals surface area contributed by atoms with Crippen molar-refractivity contribution in [3.05, 3.63) is 63.3 Å². The van der Waals surface area contributed by atoms with Gasteiger partial charge in [0.25, 0.3) is 0 Å². The number of hydrogen-bond donors (Lipinski definition) is 1. The van der Waals surface area contributed by atoms with Gasteiger partial charge in [-0.2, -0.15) is 0 Å². The fraction of sp³-hybridized carbons (Fsp3) is 0.0667. The van der Waals surface area contributed by atoms with Gasteiger partial charge < -0.3 is 9.72 Å². The van der Waals surface area contributed by atoms with Crippen LogP contribution in [0.4, 0.5) is 0 Å². The minimum atomic E-state index is -0.117. The van der Waals surface area contributed by atoms with Gasteiger partial charge in [-0.05, 0) is 42.5 Å². The minimum absolute atomic E-state index is 0.0818. The molecule has 0 radical (unpaired) electrons. The molecule has 1 heterocycles. The van der Waals surface area contributed by atoms with Crippen LogP contribution in [0, 0.1) is 0 Å². The average molecular weight is 285 g/mol. The summed E-state index contributed by atoms with van der Waals surface area (Å²) in [5.74, 6) is 0.626. The molecule has 2 aromatic carbocycles. The van der Waals surface area contributed by atoms with Crippen molar-refractivity contribution >= 4 is 27.3 Å². The van der Waals surface area contributed by atoms with E-state index in [4.69, 9.17) is 4.74 Å². The number of hydrogen-bond acceptors (Lipinski definition) is 4. The summed E-state index contributed by atoms with van der Waals surface area (Å²) in [4.78, 5) is 26.2. The van der Waals surface area contributed by atoms with Crippen molar-refractivity contribution in [1.82, 2.24) is 4.98 Å². The summed E-state index contributed by atoms with van der Waals surface area (Å²) < 4.78 is 5.91. The van der Waals surface area contributed by atoms with Gasteiger partial charge in [-0.1, -0.05) is 11.3 Å². The van der Waals surface area contributed by atoms with Crippen LogP contribution in [-0.2, 0) is 0 Å². The standard InChI is InChI=1S/C15H11NO3S/c1-19-11-5-2-9(3-6-11)14(17)10-4-7-13-12(8-10)16-15(18)20-13/h2-8H,1H3,(H,16,18). The lowest BCUT2D eigenvalue weighted by Gasteiger charge is -2.03. The predicted molar refractivity (Wildman–Crippen MR) is 78.9 cm³/mol. The lowest BCUT2D eigenvalue weighted by Crippen LogP contribution is -2.01. The Kier molecular flexibility index (Phi) is 3.12. The highest BCUT2D eigenvalue weighted by Gasteiger charge is 2.10. The highest BCUT2D eigenvalue weighted by Crippen LogP contribution is 2.19. The third-order valence-corrected chi connectivity index (χ3v) is 3.90. The number of H-pyrrole nitrogens is 1. The molecule has 3 aromatic rings. The molecule has 0 fully saturated rings. The lowest BCUT2D eigenvalue weighted by atomic mass is 10.0. The first-order valence-corrected chi connectivity index (χ1v) is 6.80. The van der Waals surface area contributed by atoms with Gasteiger partial charge in [0.15, 0.2) is 5.78 Å². The molecule has 0 aliphatic heterocycles. The van der Waals surface area contributed by atoms with E-state index in [9.17, 15) is 9.59 Å². The largest absolute Gasteiger partial charge is 0.497 e. The number of nitrogens with one attached hydrogen (secondary N) is 1. The number of aromatic nitrogens is 1. The van der Waals surface area contributed by atoms with Crippen LogP contribution in [-0.4, -0.2) is 17.9 Å². The van der Waals surface area contributed by atoms with Gasteiger partial charge in [0, 0.05) is 11.1 Å². The van der Waals surface area contributed by atoms with Crippen molar-refractivity contribution in [3.8, 4) is 5.75 Å². The highest BCUT2D eigenvalue weighted by molar-refractivity contribution is 7.16. The molecule has 0 unspecified atom stereocenters. The van der Waals surface area contributed by atoms with Gasteiger partial charge in [0.2, 0.25) is 0 Å². The molecule has 0 saturated carbocycles.